The van der Waals surface area contributed by atoms with Crippen molar-refractivity contribution < 1.29 is 9.59 Å². The minimum absolute atomic E-state index is 0.123. The number of anilines is 1. The van der Waals surface area contributed by atoms with E-state index >= 15 is 0 Å². The highest BCUT2D eigenvalue weighted by Gasteiger charge is 2.48. The van der Waals surface area contributed by atoms with Crippen molar-refractivity contribution in [1.82, 2.24) is 0 Å². The summed E-state index contributed by atoms with van der Waals surface area (Å²) >= 11 is 6.07. The van der Waals surface area contributed by atoms with E-state index in [1.54, 1.807) is 24.3 Å². The molecule has 2 atom stereocenters. The average molecular weight is 262 g/mol. The SMILES string of the molecule is O=C1[C@@H]2CC=CC[C@H]2C(=O)N1c1ccccc1Cl. The topological polar surface area (TPSA) is 37.4 Å². The van der Waals surface area contributed by atoms with Crippen molar-refractivity contribution in [3.63, 3.8) is 0 Å². The zero-order valence-electron chi connectivity index (χ0n) is 9.67. The molecular weight excluding hydrogens is 250 g/mol. The number of benzene rings is 1. The monoisotopic (exact) mass is 261 g/mol. The third kappa shape index (κ3) is 1.58. The lowest BCUT2D eigenvalue weighted by Gasteiger charge is -2.15. The Balaban J connectivity index is 2.02. The number of halogens is 1. The van der Waals surface area contributed by atoms with E-state index in [0.717, 1.165) is 0 Å². The maximum Gasteiger partial charge on any atom is 0.238 e. The molecule has 1 aliphatic heterocycles. The van der Waals surface area contributed by atoms with Crippen molar-refractivity contribution in [3.05, 3.63) is 41.4 Å². The lowest BCUT2D eigenvalue weighted by atomic mass is 9.85. The Labute approximate surface area is 110 Å². The van der Waals surface area contributed by atoms with Gasteiger partial charge < -0.3 is 0 Å². The number of para-hydroxylation sites is 1. The molecule has 92 valence electrons. The fourth-order valence-corrected chi connectivity index (χ4v) is 2.89. The molecule has 2 amide bonds. The van der Waals surface area contributed by atoms with Crippen LogP contribution in [0, 0.1) is 11.8 Å². The number of nitrogens with zero attached hydrogens (tertiary/aromatic N) is 1. The summed E-state index contributed by atoms with van der Waals surface area (Å²) in [5, 5.41) is 0.436. The molecule has 3 nitrogen and oxygen atoms in total. The Kier molecular flexibility index (Phi) is 2.71. The summed E-state index contributed by atoms with van der Waals surface area (Å²) in [6, 6.07) is 6.97. The molecule has 0 aromatic heterocycles. The van der Waals surface area contributed by atoms with E-state index in [0.29, 0.717) is 23.6 Å². The Morgan fingerprint density at radius 2 is 1.56 bits per heavy atom. The summed E-state index contributed by atoms with van der Waals surface area (Å²) in [6.45, 7) is 0. The minimum atomic E-state index is -0.209. The molecule has 0 bridgehead atoms. The third-order valence-electron chi connectivity index (χ3n) is 3.60. The molecule has 18 heavy (non-hydrogen) atoms. The van der Waals surface area contributed by atoms with Crippen molar-refractivity contribution in [1.29, 1.82) is 0 Å². The van der Waals surface area contributed by atoms with E-state index < -0.39 is 0 Å². The molecule has 4 heteroatoms. The van der Waals surface area contributed by atoms with Crippen molar-refractivity contribution in [3.8, 4) is 0 Å². The first-order valence-corrected chi connectivity index (χ1v) is 6.35. The van der Waals surface area contributed by atoms with Gasteiger partial charge in [0.2, 0.25) is 11.8 Å². The molecule has 1 fully saturated rings. The molecule has 1 heterocycles. The molecule has 3 rings (SSSR count). The molecule has 0 unspecified atom stereocenters. The quantitative estimate of drug-likeness (QED) is 0.576. The number of rotatable bonds is 1. The number of allylic oxidation sites excluding steroid dienone is 2. The summed E-state index contributed by atoms with van der Waals surface area (Å²) < 4.78 is 0. The van der Waals surface area contributed by atoms with Gasteiger partial charge in [-0.25, -0.2) is 4.90 Å². The number of amides is 2. The number of hydrogen-bond donors (Lipinski definition) is 0. The van der Waals surface area contributed by atoms with Gasteiger partial charge in [0.25, 0.3) is 0 Å². The summed E-state index contributed by atoms with van der Waals surface area (Å²) in [7, 11) is 0. The normalized spacial score (nSPS) is 26.6. The van der Waals surface area contributed by atoms with Gasteiger partial charge in [0, 0.05) is 0 Å². The number of fused-ring (bicyclic) bond motifs is 1. The van der Waals surface area contributed by atoms with Gasteiger partial charge in [-0.05, 0) is 25.0 Å². The lowest BCUT2D eigenvalue weighted by molar-refractivity contribution is -0.122. The maximum atomic E-state index is 12.3. The van der Waals surface area contributed by atoms with Gasteiger partial charge in [-0.2, -0.15) is 0 Å². The second-order valence-electron chi connectivity index (χ2n) is 4.62. The Morgan fingerprint density at radius 1 is 1.00 bits per heavy atom. The van der Waals surface area contributed by atoms with Crippen LogP contribution >= 0.6 is 11.6 Å². The van der Waals surface area contributed by atoms with Crippen LogP contribution < -0.4 is 4.90 Å². The smallest absolute Gasteiger partial charge is 0.238 e. The van der Waals surface area contributed by atoms with E-state index in [2.05, 4.69) is 0 Å². The van der Waals surface area contributed by atoms with E-state index in [9.17, 15) is 9.59 Å². The highest BCUT2D eigenvalue weighted by Crippen LogP contribution is 2.39. The Bertz CT molecular complexity index is 526. The van der Waals surface area contributed by atoms with Crippen LogP contribution in [-0.2, 0) is 9.59 Å². The van der Waals surface area contributed by atoms with Crippen molar-refractivity contribution in [2.75, 3.05) is 4.90 Å². The van der Waals surface area contributed by atoms with E-state index in [4.69, 9.17) is 11.6 Å². The summed E-state index contributed by atoms with van der Waals surface area (Å²) in [4.78, 5) is 25.9. The second kappa shape index (κ2) is 4.25. The Hall–Kier alpha value is -1.61. The van der Waals surface area contributed by atoms with Crippen LogP contribution in [0.2, 0.25) is 5.02 Å². The van der Waals surface area contributed by atoms with Crippen LogP contribution in [0.25, 0.3) is 0 Å². The van der Waals surface area contributed by atoms with Gasteiger partial charge >= 0.3 is 0 Å². The molecule has 0 saturated carbocycles. The average Bonchev–Trinajstić information content (AvgIpc) is 2.64. The fraction of sp³-hybridized carbons (Fsp3) is 0.286. The van der Waals surface area contributed by atoms with Gasteiger partial charge in [0.15, 0.2) is 0 Å². The molecule has 1 aliphatic carbocycles. The van der Waals surface area contributed by atoms with Crippen molar-refractivity contribution in [2.45, 2.75) is 12.8 Å². The summed E-state index contributed by atoms with van der Waals surface area (Å²) in [6.07, 6.45) is 5.25. The second-order valence-corrected chi connectivity index (χ2v) is 5.03. The number of carbonyl (C=O) groups is 2. The predicted molar refractivity (Wildman–Crippen MR) is 69.3 cm³/mol. The minimum Gasteiger partial charge on any atom is -0.274 e. The molecule has 0 radical (unpaired) electrons. The Morgan fingerprint density at radius 3 is 2.11 bits per heavy atom. The number of hydrogen-bond acceptors (Lipinski definition) is 2. The van der Waals surface area contributed by atoms with Gasteiger partial charge in [-0.1, -0.05) is 35.9 Å². The van der Waals surface area contributed by atoms with Crippen LogP contribution in [0.5, 0.6) is 0 Å². The van der Waals surface area contributed by atoms with Crippen LogP contribution in [0.3, 0.4) is 0 Å². The van der Waals surface area contributed by atoms with Crippen molar-refractivity contribution in [2.24, 2.45) is 11.8 Å². The van der Waals surface area contributed by atoms with Gasteiger partial charge in [0.1, 0.15) is 0 Å². The standard InChI is InChI=1S/C14H12ClNO2/c15-11-7-3-4-8-12(11)16-13(17)9-5-1-2-6-10(9)14(16)18/h1-4,7-10H,5-6H2/t9-,10-/m1/s1. The number of imide groups is 1. The van der Waals surface area contributed by atoms with Crippen LogP contribution in [0.1, 0.15) is 12.8 Å². The molecule has 1 aromatic carbocycles. The first kappa shape index (κ1) is 11.5. The van der Waals surface area contributed by atoms with E-state index in [1.807, 2.05) is 12.2 Å². The van der Waals surface area contributed by atoms with Gasteiger partial charge in [-0.15, -0.1) is 0 Å². The molecule has 0 N–H and O–H groups in total. The zero-order valence-corrected chi connectivity index (χ0v) is 10.4. The molecule has 2 aliphatic rings. The maximum absolute atomic E-state index is 12.3. The molecule has 0 spiro atoms. The summed E-state index contributed by atoms with van der Waals surface area (Å²) in [5.41, 5.74) is 0.503. The fourth-order valence-electron chi connectivity index (χ4n) is 2.67. The predicted octanol–water partition coefficient (Wildman–Crippen LogP) is 2.80. The first-order valence-electron chi connectivity index (χ1n) is 5.97. The lowest BCUT2D eigenvalue weighted by Crippen LogP contribution is -2.31. The van der Waals surface area contributed by atoms with Gasteiger partial charge in [-0.3, -0.25) is 9.59 Å². The molecule has 1 saturated heterocycles. The van der Waals surface area contributed by atoms with Crippen molar-refractivity contribution >= 4 is 29.1 Å². The third-order valence-corrected chi connectivity index (χ3v) is 3.92. The first-order chi connectivity index (χ1) is 8.70. The van der Waals surface area contributed by atoms with Crippen LogP contribution in [0.4, 0.5) is 5.69 Å². The number of carbonyl (C=O) groups excluding carboxylic acids is 2. The van der Waals surface area contributed by atoms with Crippen LogP contribution in [-0.4, -0.2) is 11.8 Å². The highest BCUT2D eigenvalue weighted by atomic mass is 35.5. The van der Waals surface area contributed by atoms with Gasteiger partial charge in [0.05, 0.1) is 22.5 Å². The zero-order chi connectivity index (χ0) is 12.7. The van der Waals surface area contributed by atoms with E-state index in [1.165, 1.54) is 4.90 Å². The molecular formula is C14H12ClNO2. The highest BCUT2D eigenvalue weighted by molar-refractivity contribution is 6.36. The molecule has 1 aromatic rings. The largest absolute Gasteiger partial charge is 0.274 e. The van der Waals surface area contributed by atoms with Crippen LogP contribution in [0.15, 0.2) is 36.4 Å². The van der Waals surface area contributed by atoms with E-state index in [-0.39, 0.29) is 23.7 Å². The summed E-state index contributed by atoms with van der Waals surface area (Å²) in [5.74, 6) is -0.664.